The Balaban J connectivity index is 2.10. The van der Waals surface area contributed by atoms with Crippen molar-refractivity contribution < 1.29 is 14.5 Å². The Morgan fingerprint density at radius 1 is 1.17 bits per heavy atom. The van der Waals surface area contributed by atoms with E-state index in [1.165, 1.54) is 12.1 Å². The second-order valence-electron chi connectivity index (χ2n) is 5.35. The van der Waals surface area contributed by atoms with E-state index in [2.05, 4.69) is 5.32 Å². The van der Waals surface area contributed by atoms with Gasteiger partial charge in [-0.25, -0.2) is 0 Å². The molecule has 1 amide bonds. The quantitative estimate of drug-likeness (QED) is 0.675. The van der Waals surface area contributed by atoms with Gasteiger partial charge in [-0.05, 0) is 50.1 Å². The molecule has 0 radical (unpaired) electrons. The van der Waals surface area contributed by atoms with Crippen molar-refractivity contribution in [3.8, 4) is 5.75 Å². The zero-order valence-electron chi connectivity index (χ0n) is 13.2. The summed E-state index contributed by atoms with van der Waals surface area (Å²) >= 11 is 0. The number of carbonyl (C=O) groups is 1. The molecular formula is C17H18N2O4. The number of nitrogens with one attached hydrogen (secondary N) is 1. The highest BCUT2D eigenvalue weighted by molar-refractivity contribution is 5.94. The molecular weight excluding hydrogens is 296 g/mol. The number of carbonyl (C=O) groups excluding carboxylic acids is 1. The van der Waals surface area contributed by atoms with Gasteiger partial charge in [-0.1, -0.05) is 18.2 Å². The van der Waals surface area contributed by atoms with E-state index in [4.69, 9.17) is 4.74 Å². The van der Waals surface area contributed by atoms with E-state index in [0.29, 0.717) is 5.69 Å². The van der Waals surface area contributed by atoms with Crippen LogP contribution in [0, 0.1) is 24.0 Å². The Kier molecular flexibility index (Phi) is 4.95. The maximum atomic E-state index is 12.2. The van der Waals surface area contributed by atoms with Gasteiger partial charge in [-0.2, -0.15) is 0 Å². The fourth-order valence-electron chi connectivity index (χ4n) is 2.24. The van der Waals surface area contributed by atoms with Gasteiger partial charge in [0.05, 0.1) is 4.92 Å². The summed E-state index contributed by atoms with van der Waals surface area (Å²) in [5.41, 5.74) is 2.57. The third kappa shape index (κ3) is 4.29. The van der Waals surface area contributed by atoms with Crippen molar-refractivity contribution in [1.29, 1.82) is 0 Å². The number of para-hydroxylation sites is 2. The number of nitro benzene ring substituents is 1. The zero-order chi connectivity index (χ0) is 17.0. The molecule has 2 rings (SSSR count). The summed E-state index contributed by atoms with van der Waals surface area (Å²) in [7, 11) is 0. The summed E-state index contributed by atoms with van der Waals surface area (Å²) in [6.45, 7) is 5.43. The molecule has 0 bridgehead atoms. The lowest BCUT2D eigenvalue weighted by Gasteiger charge is -2.15. The average molecular weight is 314 g/mol. The van der Waals surface area contributed by atoms with Gasteiger partial charge in [0.25, 0.3) is 5.91 Å². The van der Waals surface area contributed by atoms with Crippen LogP contribution in [0.1, 0.15) is 18.1 Å². The molecule has 0 aliphatic heterocycles. The third-order valence-electron chi connectivity index (χ3n) is 3.22. The van der Waals surface area contributed by atoms with Crippen molar-refractivity contribution >= 4 is 17.3 Å². The van der Waals surface area contributed by atoms with Gasteiger partial charge in [0.1, 0.15) is 0 Å². The molecule has 120 valence electrons. The summed E-state index contributed by atoms with van der Waals surface area (Å²) < 4.78 is 5.45. The van der Waals surface area contributed by atoms with E-state index in [0.717, 1.165) is 11.1 Å². The molecule has 6 heteroatoms. The van der Waals surface area contributed by atoms with Crippen LogP contribution in [-0.4, -0.2) is 16.9 Å². The SMILES string of the molecule is Cc1cc(C)cc(NC(=O)C(C)Oc2ccccc2[N+](=O)[O-])c1. The second kappa shape index (κ2) is 6.91. The molecule has 0 saturated heterocycles. The number of benzene rings is 2. The largest absolute Gasteiger partial charge is 0.474 e. The summed E-state index contributed by atoms with van der Waals surface area (Å²) in [4.78, 5) is 22.6. The van der Waals surface area contributed by atoms with Gasteiger partial charge < -0.3 is 10.1 Å². The Morgan fingerprint density at radius 3 is 2.39 bits per heavy atom. The molecule has 0 aliphatic rings. The van der Waals surface area contributed by atoms with Crippen molar-refractivity contribution in [3.63, 3.8) is 0 Å². The number of anilines is 1. The molecule has 0 aromatic heterocycles. The molecule has 0 aliphatic carbocycles. The smallest absolute Gasteiger partial charge is 0.310 e. The summed E-state index contributed by atoms with van der Waals surface area (Å²) in [5, 5.41) is 13.7. The standard InChI is InChI=1S/C17H18N2O4/c1-11-8-12(2)10-14(9-11)18-17(20)13(3)23-16-7-5-4-6-15(16)19(21)22/h4-10,13H,1-3H3,(H,18,20). The molecule has 6 nitrogen and oxygen atoms in total. The van der Waals surface area contributed by atoms with Crippen LogP contribution >= 0.6 is 0 Å². The maximum Gasteiger partial charge on any atom is 0.310 e. The Hall–Kier alpha value is -2.89. The first-order valence-electron chi connectivity index (χ1n) is 7.16. The van der Waals surface area contributed by atoms with Crippen molar-refractivity contribution in [3.05, 3.63) is 63.7 Å². The number of amides is 1. The predicted octanol–water partition coefficient (Wildman–Crippen LogP) is 3.62. The number of rotatable bonds is 5. The maximum absolute atomic E-state index is 12.2. The van der Waals surface area contributed by atoms with Crippen molar-refractivity contribution in [2.75, 3.05) is 5.32 Å². The van der Waals surface area contributed by atoms with E-state index in [1.54, 1.807) is 19.1 Å². The Labute approximate surface area is 134 Å². The second-order valence-corrected chi connectivity index (χ2v) is 5.35. The zero-order valence-corrected chi connectivity index (χ0v) is 13.2. The molecule has 0 spiro atoms. The molecule has 1 atom stereocenters. The number of nitrogens with zero attached hydrogens (tertiary/aromatic N) is 1. The van der Waals surface area contributed by atoms with Crippen molar-refractivity contribution in [2.24, 2.45) is 0 Å². The number of hydrogen-bond donors (Lipinski definition) is 1. The van der Waals surface area contributed by atoms with Crippen LogP contribution in [0.3, 0.4) is 0 Å². The third-order valence-corrected chi connectivity index (χ3v) is 3.22. The lowest BCUT2D eigenvalue weighted by Crippen LogP contribution is -2.30. The summed E-state index contributed by atoms with van der Waals surface area (Å²) in [6, 6.07) is 11.7. The highest BCUT2D eigenvalue weighted by Gasteiger charge is 2.20. The molecule has 2 aromatic carbocycles. The van der Waals surface area contributed by atoms with Crippen molar-refractivity contribution in [1.82, 2.24) is 0 Å². The fraction of sp³-hybridized carbons (Fsp3) is 0.235. The normalized spacial score (nSPS) is 11.6. The van der Waals surface area contributed by atoms with E-state index in [-0.39, 0.29) is 17.3 Å². The molecule has 0 fully saturated rings. The van der Waals surface area contributed by atoms with Crippen molar-refractivity contribution in [2.45, 2.75) is 26.9 Å². The van der Waals surface area contributed by atoms with E-state index < -0.39 is 11.0 Å². The molecule has 0 saturated carbocycles. The van der Waals surface area contributed by atoms with Crippen LogP contribution in [0.4, 0.5) is 11.4 Å². The highest BCUT2D eigenvalue weighted by Crippen LogP contribution is 2.27. The van der Waals surface area contributed by atoms with Gasteiger partial charge in [-0.3, -0.25) is 14.9 Å². The topological polar surface area (TPSA) is 81.5 Å². The van der Waals surface area contributed by atoms with Crippen LogP contribution in [0.2, 0.25) is 0 Å². The number of hydrogen-bond acceptors (Lipinski definition) is 4. The minimum atomic E-state index is -0.864. The average Bonchev–Trinajstić information content (AvgIpc) is 2.46. The van der Waals surface area contributed by atoms with Gasteiger partial charge in [-0.15, -0.1) is 0 Å². The predicted molar refractivity (Wildman–Crippen MR) is 87.7 cm³/mol. The molecule has 1 N–H and O–H groups in total. The van der Waals surface area contributed by atoms with Gasteiger partial charge in [0, 0.05) is 11.8 Å². The molecule has 2 aromatic rings. The van der Waals surface area contributed by atoms with Crippen LogP contribution in [0.5, 0.6) is 5.75 Å². The first kappa shape index (κ1) is 16.5. The summed E-state index contributed by atoms with van der Waals surface area (Å²) in [5.74, 6) is -0.297. The number of aryl methyl sites for hydroxylation is 2. The molecule has 0 heterocycles. The lowest BCUT2D eigenvalue weighted by atomic mass is 10.1. The minimum absolute atomic E-state index is 0.0700. The van der Waals surface area contributed by atoms with Gasteiger partial charge in [0.15, 0.2) is 11.9 Å². The first-order valence-corrected chi connectivity index (χ1v) is 7.16. The molecule has 23 heavy (non-hydrogen) atoms. The van der Waals surface area contributed by atoms with E-state index >= 15 is 0 Å². The number of nitro groups is 1. The van der Waals surface area contributed by atoms with Crippen LogP contribution in [0.25, 0.3) is 0 Å². The van der Waals surface area contributed by atoms with Gasteiger partial charge >= 0.3 is 5.69 Å². The monoisotopic (exact) mass is 314 g/mol. The van der Waals surface area contributed by atoms with Crippen LogP contribution < -0.4 is 10.1 Å². The van der Waals surface area contributed by atoms with E-state index in [9.17, 15) is 14.9 Å². The van der Waals surface area contributed by atoms with E-state index in [1.807, 2.05) is 32.0 Å². The van der Waals surface area contributed by atoms with Gasteiger partial charge in [0.2, 0.25) is 0 Å². The number of ether oxygens (including phenoxy) is 1. The van der Waals surface area contributed by atoms with Crippen LogP contribution in [0.15, 0.2) is 42.5 Å². The Bertz CT molecular complexity index is 723. The Morgan fingerprint density at radius 2 is 1.78 bits per heavy atom. The van der Waals surface area contributed by atoms with Crippen LogP contribution in [-0.2, 0) is 4.79 Å². The lowest BCUT2D eigenvalue weighted by molar-refractivity contribution is -0.386. The first-order chi connectivity index (χ1) is 10.9. The summed E-state index contributed by atoms with van der Waals surface area (Å²) in [6.07, 6.45) is -0.864. The minimum Gasteiger partial charge on any atom is -0.474 e. The highest BCUT2D eigenvalue weighted by atomic mass is 16.6. The fourth-order valence-corrected chi connectivity index (χ4v) is 2.24. The molecule has 1 unspecified atom stereocenters.